The second-order valence-corrected chi connectivity index (χ2v) is 5.30. The molecule has 0 saturated carbocycles. The van der Waals surface area contributed by atoms with Crippen molar-refractivity contribution in [2.24, 2.45) is 4.99 Å². The molecular weight excluding hydrogens is 395 g/mol. The van der Waals surface area contributed by atoms with E-state index in [-0.39, 0.29) is 30.1 Å². The second kappa shape index (κ2) is 9.14. The van der Waals surface area contributed by atoms with Crippen molar-refractivity contribution in [3.63, 3.8) is 0 Å². The summed E-state index contributed by atoms with van der Waals surface area (Å²) < 4.78 is 11.3. The summed E-state index contributed by atoms with van der Waals surface area (Å²) in [5, 5.41) is 6.55. The highest BCUT2D eigenvalue weighted by Gasteiger charge is 2.15. The van der Waals surface area contributed by atoms with Gasteiger partial charge in [-0.1, -0.05) is 0 Å². The zero-order valence-corrected chi connectivity index (χ0v) is 14.9. The molecule has 3 rings (SSSR count). The quantitative estimate of drug-likeness (QED) is 0.729. The monoisotopic (exact) mass is 418 g/mol. The van der Waals surface area contributed by atoms with E-state index < -0.39 is 0 Å². The summed E-state index contributed by atoms with van der Waals surface area (Å²) in [6, 6.07) is 3.99. The third-order valence-electron chi connectivity index (χ3n) is 3.61. The molecule has 7 heteroatoms. The smallest absolute Gasteiger partial charge is 0.213 e. The lowest BCUT2D eigenvalue weighted by Gasteiger charge is -2.22. The molecule has 0 atom stereocenters. The molecule has 22 heavy (non-hydrogen) atoms. The van der Waals surface area contributed by atoms with Gasteiger partial charge in [-0.25, -0.2) is 4.98 Å². The minimum Gasteiger partial charge on any atom is -0.474 e. The number of halogens is 1. The molecule has 1 aromatic heterocycles. The molecule has 0 unspecified atom stereocenters. The van der Waals surface area contributed by atoms with Crippen molar-refractivity contribution in [3.8, 4) is 5.88 Å². The van der Waals surface area contributed by atoms with E-state index in [9.17, 15) is 0 Å². The summed E-state index contributed by atoms with van der Waals surface area (Å²) in [6.07, 6.45) is 4.99. The number of pyridine rings is 1. The number of nitrogens with one attached hydrogen (secondary N) is 2. The largest absolute Gasteiger partial charge is 0.474 e. The van der Waals surface area contributed by atoms with Gasteiger partial charge in [-0.05, 0) is 18.1 Å². The predicted molar refractivity (Wildman–Crippen MR) is 95.9 cm³/mol. The Kier molecular flexibility index (Phi) is 7.17. The highest BCUT2D eigenvalue weighted by atomic mass is 127. The molecule has 1 saturated heterocycles. The normalized spacial score (nSPS) is 18.6. The minimum atomic E-state index is 0. The fourth-order valence-electron chi connectivity index (χ4n) is 2.43. The van der Waals surface area contributed by atoms with Crippen molar-refractivity contribution < 1.29 is 9.47 Å². The number of ether oxygens (including phenoxy) is 2. The Morgan fingerprint density at radius 1 is 1.36 bits per heavy atom. The van der Waals surface area contributed by atoms with Gasteiger partial charge >= 0.3 is 0 Å². The van der Waals surface area contributed by atoms with Crippen LogP contribution < -0.4 is 15.4 Å². The Hall–Kier alpha value is -1.09. The molecule has 0 amide bonds. The van der Waals surface area contributed by atoms with Crippen LogP contribution in [0.1, 0.15) is 24.8 Å². The Morgan fingerprint density at radius 3 is 3.00 bits per heavy atom. The van der Waals surface area contributed by atoms with Crippen LogP contribution in [0.2, 0.25) is 0 Å². The summed E-state index contributed by atoms with van der Waals surface area (Å²) in [5.74, 6) is 1.57. The number of guanidine groups is 1. The lowest BCUT2D eigenvalue weighted by Crippen LogP contribution is -2.40. The maximum absolute atomic E-state index is 5.92. The molecule has 1 aromatic rings. The zero-order valence-electron chi connectivity index (χ0n) is 12.6. The third kappa shape index (κ3) is 5.28. The lowest BCUT2D eigenvalue weighted by molar-refractivity contribution is 0.0237. The average molecular weight is 418 g/mol. The van der Waals surface area contributed by atoms with Crippen LogP contribution in [0.15, 0.2) is 23.3 Å². The van der Waals surface area contributed by atoms with Crippen LogP contribution in [0.5, 0.6) is 5.88 Å². The molecule has 0 aromatic carbocycles. The van der Waals surface area contributed by atoms with E-state index in [1.165, 1.54) is 0 Å². The summed E-state index contributed by atoms with van der Waals surface area (Å²) in [5.41, 5.74) is 1.14. The fraction of sp³-hybridized carbons (Fsp3) is 0.600. The van der Waals surface area contributed by atoms with Crippen LogP contribution in [-0.2, 0) is 11.3 Å². The standard InChI is InChI=1S/C15H22N4O2.HI/c1-5-17-15(18-6-1)19-11-12-2-7-16-14(10-12)21-13-3-8-20-9-4-13;/h2,7,10,13H,1,3-6,8-9,11H2,(H2,17,18,19);1H. The van der Waals surface area contributed by atoms with Crippen molar-refractivity contribution in [1.29, 1.82) is 0 Å². The van der Waals surface area contributed by atoms with Gasteiger partial charge in [0, 0.05) is 44.7 Å². The van der Waals surface area contributed by atoms with Crippen LogP contribution in [0, 0.1) is 0 Å². The Labute approximate surface area is 148 Å². The minimum absolute atomic E-state index is 0. The number of aliphatic imine (C=N–C) groups is 1. The fourth-order valence-corrected chi connectivity index (χ4v) is 2.43. The van der Waals surface area contributed by atoms with Gasteiger partial charge in [0.05, 0.1) is 13.2 Å². The molecule has 3 heterocycles. The van der Waals surface area contributed by atoms with E-state index in [2.05, 4.69) is 20.6 Å². The first-order valence-electron chi connectivity index (χ1n) is 7.62. The molecule has 0 radical (unpaired) electrons. The van der Waals surface area contributed by atoms with Crippen molar-refractivity contribution >= 4 is 29.9 Å². The number of hydrogen-bond donors (Lipinski definition) is 2. The van der Waals surface area contributed by atoms with Gasteiger partial charge in [0.2, 0.25) is 5.88 Å². The molecule has 0 bridgehead atoms. The number of aromatic nitrogens is 1. The summed E-state index contributed by atoms with van der Waals surface area (Å²) in [4.78, 5) is 8.69. The van der Waals surface area contributed by atoms with Crippen LogP contribution in [0.3, 0.4) is 0 Å². The third-order valence-corrected chi connectivity index (χ3v) is 3.61. The first-order chi connectivity index (χ1) is 10.4. The van der Waals surface area contributed by atoms with E-state index >= 15 is 0 Å². The molecule has 0 aliphatic carbocycles. The van der Waals surface area contributed by atoms with Crippen LogP contribution in [-0.4, -0.2) is 43.4 Å². The molecule has 122 valence electrons. The van der Waals surface area contributed by atoms with Crippen molar-refractivity contribution in [2.75, 3.05) is 26.3 Å². The lowest BCUT2D eigenvalue weighted by atomic mass is 10.1. The van der Waals surface area contributed by atoms with E-state index in [1.807, 2.05) is 12.1 Å². The van der Waals surface area contributed by atoms with Crippen LogP contribution in [0.4, 0.5) is 0 Å². The van der Waals surface area contributed by atoms with Crippen molar-refractivity contribution in [1.82, 2.24) is 15.6 Å². The van der Waals surface area contributed by atoms with Crippen molar-refractivity contribution in [2.45, 2.75) is 31.9 Å². The van der Waals surface area contributed by atoms with Crippen molar-refractivity contribution in [3.05, 3.63) is 23.9 Å². The number of nitrogens with zero attached hydrogens (tertiary/aromatic N) is 2. The summed E-state index contributed by atoms with van der Waals surface area (Å²) in [6.45, 7) is 4.15. The van der Waals surface area contributed by atoms with E-state index in [0.29, 0.717) is 5.88 Å². The first kappa shape index (κ1) is 17.3. The second-order valence-electron chi connectivity index (χ2n) is 5.30. The topological polar surface area (TPSA) is 67.8 Å². The SMILES string of the molecule is I.c1cc(CNC2=NCCCN2)cc(OC2CCOCC2)n1. The van der Waals surface area contributed by atoms with E-state index in [0.717, 1.165) is 63.6 Å². The molecule has 2 aliphatic rings. The molecule has 6 nitrogen and oxygen atoms in total. The number of hydrogen-bond acceptors (Lipinski definition) is 6. The molecule has 2 aliphatic heterocycles. The average Bonchev–Trinajstić information content (AvgIpc) is 2.55. The van der Waals surface area contributed by atoms with Gasteiger partial charge in [0.15, 0.2) is 5.96 Å². The molecule has 0 spiro atoms. The zero-order chi connectivity index (χ0) is 14.3. The van der Waals surface area contributed by atoms with E-state index in [1.54, 1.807) is 6.20 Å². The predicted octanol–water partition coefficient (Wildman–Crippen LogP) is 1.70. The Morgan fingerprint density at radius 2 is 2.23 bits per heavy atom. The first-order valence-corrected chi connectivity index (χ1v) is 7.62. The van der Waals surface area contributed by atoms with E-state index in [4.69, 9.17) is 9.47 Å². The maximum Gasteiger partial charge on any atom is 0.213 e. The van der Waals surface area contributed by atoms with Gasteiger partial charge < -0.3 is 20.1 Å². The van der Waals surface area contributed by atoms with Gasteiger partial charge in [-0.15, -0.1) is 24.0 Å². The molecule has 2 N–H and O–H groups in total. The summed E-state index contributed by atoms with van der Waals surface area (Å²) in [7, 11) is 0. The van der Waals surface area contributed by atoms with Gasteiger partial charge in [0.25, 0.3) is 0 Å². The Balaban J connectivity index is 0.00000176. The van der Waals surface area contributed by atoms with Crippen LogP contribution >= 0.6 is 24.0 Å². The van der Waals surface area contributed by atoms with Gasteiger partial charge in [-0.3, -0.25) is 4.99 Å². The maximum atomic E-state index is 5.92. The molecular formula is C15H23IN4O2. The number of rotatable bonds is 4. The summed E-state index contributed by atoms with van der Waals surface area (Å²) >= 11 is 0. The van der Waals surface area contributed by atoms with Gasteiger partial charge in [-0.2, -0.15) is 0 Å². The van der Waals surface area contributed by atoms with Gasteiger partial charge in [0.1, 0.15) is 6.10 Å². The van der Waals surface area contributed by atoms with Crippen LogP contribution in [0.25, 0.3) is 0 Å². The highest BCUT2D eigenvalue weighted by Crippen LogP contribution is 2.16. The Bertz CT molecular complexity index is 492. The molecule has 1 fully saturated rings. The highest BCUT2D eigenvalue weighted by molar-refractivity contribution is 14.0.